The maximum absolute atomic E-state index is 11.7. The van der Waals surface area contributed by atoms with Crippen LogP contribution in [-0.2, 0) is 18.3 Å². The summed E-state index contributed by atoms with van der Waals surface area (Å²) in [5.74, 6) is 0.298. The van der Waals surface area contributed by atoms with Gasteiger partial charge in [-0.3, -0.25) is 9.48 Å². The zero-order chi connectivity index (χ0) is 12.3. The van der Waals surface area contributed by atoms with Crippen LogP contribution in [-0.4, -0.2) is 20.9 Å². The van der Waals surface area contributed by atoms with Crippen LogP contribution in [0, 0.1) is 0 Å². The number of aryl methyl sites for hydroxylation is 1. The van der Waals surface area contributed by atoms with Crippen molar-refractivity contribution in [2.75, 3.05) is 5.32 Å². The molecule has 0 radical (unpaired) electrons. The predicted octanol–water partition coefficient (Wildman–Crippen LogP) is 1.65. The molecule has 0 fully saturated rings. The highest BCUT2D eigenvalue weighted by molar-refractivity contribution is 6.30. The largest absolute Gasteiger partial charge is 0.308 e. The number of amides is 1. The summed E-state index contributed by atoms with van der Waals surface area (Å²) in [4.78, 5) is 11.7. The molecule has 1 N–H and O–H groups in total. The number of carbonyl (C=O) groups is 1. The van der Waals surface area contributed by atoms with E-state index < -0.39 is 0 Å². The van der Waals surface area contributed by atoms with Gasteiger partial charge in [0.25, 0.3) is 0 Å². The second-order valence-corrected chi connectivity index (χ2v) is 4.07. The molecule has 5 nitrogen and oxygen atoms in total. The van der Waals surface area contributed by atoms with Gasteiger partial charge in [-0.2, -0.15) is 0 Å². The van der Waals surface area contributed by atoms with Crippen molar-refractivity contribution >= 4 is 23.3 Å². The molecule has 17 heavy (non-hydrogen) atoms. The molecule has 0 aliphatic carbocycles. The number of benzene rings is 1. The lowest BCUT2D eigenvalue weighted by molar-refractivity contribution is -0.115. The van der Waals surface area contributed by atoms with Gasteiger partial charge in [-0.25, -0.2) is 0 Å². The molecule has 6 heteroatoms. The van der Waals surface area contributed by atoms with Gasteiger partial charge in [0.2, 0.25) is 5.91 Å². The number of halogens is 1. The SMILES string of the molecule is Cn1cc(NC(=O)Cc2cccc(Cl)c2)nn1. The molecule has 1 amide bonds. The Balaban J connectivity index is 1.98. The maximum Gasteiger partial charge on any atom is 0.230 e. The van der Waals surface area contributed by atoms with Crippen molar-refractivity contribution in [2.24, 2.45) is 7.05 Å². The van der Waals surface area contributed by atoms with Gasteiger partial charge in [0.1, 0.15) is 0 Å². The Morgan fingerprint density at radius 2 is 2.35 bits per heavy atom. The number of nitrogens with zero attached hydrogens (tertiary/aromatic N) is 3. The first kappa shape index (κ1) is 11.6. The first-order valence-corrected chi connectivity index (χ1v) is 5.42. The summed E-state index contributed by atoms with van der Waals surface area (Å²) in [6.07, 6.45) is 1.90. The Hall–Kier alpha value is -1.88. The monoisotopic (exact) mass is 250 g/mol. The smallest absolute Gasteiger partial charge is 0.230 e. The van der Waals surface area contributed by atoms with Gasteiger partial charge in [-0.1, -0.05) is 28.9 Å². The molecule has 1 aromatic heterocycles. The van der Waals surface area contributed by atoms with E-state index in [4.69, 9.17) is 11.6 Å². The Labute approximate surface area is 103 Å². The van der Waals surface area contributed by atoms with Crippen molar-refractivity contribution in [3.05, 3.63) is 41.0 Å². The highest BCUT2D eigenvalue weighted by Gasteiger charge is 2.06. The lowest BCUT2D eigenvalue weighted by Crippen LogP contribution is -2.14. The average Bonchev–Trinajstić information content (AvgIpc) is 2.63. The van der Waals surface area contributed by atoms with Crippen LogP contribution < -0.4 is 5.32 Å². The van der Waals surface area contributed by atoms with E-state index >= 15 is 0 Å². The first-order chi connectivity index (χ1) is 8.13. The van der Waals surface area contributed by atoms with Crippen molar-refractivity contribution in [1.29, 1.82) is 0 Å². The molecule has 0 unspecified atom stereocenters. The van der Waals surface area contributed by atoms with Crippen molar-refractivity contribution in [3.63, 3.8) is 0 Å². The summed E-state index contributed by atoms with van der Waals surface area (Å²) < 4.78 is 1.52. The maximum atomic E-state index is 11.7. The minimum Gasteiger partial charge on any atom is -0.308 e. The van der Waals surface area contributed by atoms with Gasteiger partial charge >= 0.3 is 0 Å². The van der Waals surface area contributed by atoms with Crippen LogP contribution >= 0.6 is 11.6 Å². The summed E-state index contributed by atoms with van der Waals surface area (Å²) in [6.45, 7) is 0. The Bertz CT molecular complexity index is 538. The summed E-state index contributed by atoms with van der Waals surface area (Å²) in [6, 6.07) is 7.19. The molecular formula is C11H11ClN4O. The molecule has 0 saturated heterocycles. The van der Waals surface area contributed by atoms with Gasteiger partial charge in [-0.05, 0) is 17.7 Å². The highest BCUT2D eigenvalue weighted by Crippen LogP contribution is 2.11. The van der Waals surface area contributed by atoms with Crippen LogP contribution in [0.2, 0.25) is 5.02 Å². The third-order valence-corrected chi connectivity index (χ3v) is 2.36. The quantitative estimate of drug-likeness (QED) is 0.901. The van der Waals surface area contributed by atoms with Gasteiger partial charge in [0.05, 0.1) is 12.6 Å². The Morgan fingerprint density at radius 3 is 3.00 bits per heavy atom. The van der Waals surface area contributed by atoms with E-state index in [2.05, 4.69) is 15.6 Å². The fraction of sp³-hybridized carbons (Fsp3) is 0.182. The number of rotatable bonds is 3. The number of nitrogens with one attached hydrogen (secondary N) is 1. The lowest BCUT2D eigenvalue weighted by atomic mass is 10.1. The average molecular weight is 251 g/mol. The fourth-order valence-electron chi connectivity index (χ4n) is 1.42. The van der Waals surface area contributed by atoms with E-state index in [1.807, 2.05) is 12.1 Å². The van der Waals surface area contributed by atoms with Crippen molar-refractivity contribution in [2.45, 2.75) is 6.42 Å². The van der Waals surface area contributed by atoms with Gasteiger partial charge in [0, 0.05) is 12.1 Å². The van der Waals surface area contributed by atoms with Crippen LogP contribution in [0.5, 0.6) is 0 Å². The fourth-order valence-corrected chi connectivity index (χ4v) is 1.64. The number of hydrogen-bond acceptors (Lipinski definition) is 3. The molecule has 0 spiro atoms. The number of anilines is 1. The standard InChI is InChI=1S/C11H11ClN4O/c1-16-7-10(14-15-16)13-11(17)6-8-3-2-4-9(12)5-8/h2-5,7H,6H2,1H3,(H,13,17). The summed E-state index contributed by atoms with van der Waals surface area (Å²) in [5, 5.41) is 10.8. The van der Waals surface area contributed by atoms with E-state index in [-0.39, 0.29) is 12.3 Å². The third-order valence-electron chi connectivity index (χ3n) is 2.12. The zero-order valence-corrected chi connectivity index (χ0v) is 9.98. The van der Waals surface area contributed by atoms with Crippen molar-refractivity contribution < 1.29 is 4.79 Å². The first-order valence-electron chi connectivity index (χ1n) is 5.04. The normalized spacial score (nSPS) is 10.2. The molecule has 0 aliphatic heterocycles. The van der Waals surface area contributed by atoms with E-state index in [9.17, 15) is 4.79 Å². The minimum atomic E-state index is -0.146. The molecule has 0 saturated carbocycles. The topological polar surface area (TPSA) is 59.8 Å². The van der Waals surface area contributed by atoms with Crippen LogP contribution in [0.15, 0.2) is 30.5 Å². The molecular weight excluding hydrogens is 240 g/mol. The molecule has 1 aromatic carbocycles. The van der Waals surface area contributed by atoms with Crippen molar-refractivity contribution in [3.8, 4) is 0 Å². The molecule has 1 heterocycles. The lowest BCUT2D eigenvalue weighted by Gasteiger charge is -2.02. The van der Waals surface area contributed by atoms with Gasteiger partial charge in [0.15, 0.2) is 5.82 Å². The molecule has 0 aliphatic rings. The van der Waals surface area contributed by atoms with Gasteiger partial charge < -0.3 is 5.32 Å². The molecule has 0 bridgehead atoms. The van der Waals surface area contributed by atoms with Crippen molar-refractivity contribution in [1.82, 2.24) is 15.0 Å². The number of hydrogen-bond donors (Lipinski definition) is 1. The second-order valence-electron chi connectivity index (χ2n) is 3.63. The molecule has 88 valence electrons. The Kier molecular flexibility index (Phi) is 3.39. The summed E-state index contributed by atoms with van der Waals surface area (Å²) >= 11 is 5.83. The van der Waals surface area contributed by atoms with Crippen LogP contribution in [0.25, 0.3) is 0 Å². The zero-order valence-electron chi connectivity index (χ0n) is 9.22. The van der Waals surface area contributed by atoms with Crippen LogP contribution in [0.4, 0.5) is 5.82 Å². The molecule has 2 rings (SSSR count). The van der Waals surface area contributed by atoms with E-state index in [1.165, 1.54) is 4.68 Å². The van der Waals surface area contributed by atoms with Crippen LogP contribution in [0.3, 0.4) is 0 Å². The molecule has 0 atom stereocenters. The summed E-state index contributed by atoms with van der Waals surface area (Å²) in [5.41, 5.74) is 0.860. The number of aromatic nitrogens is 3. The van der Waals surface area contributed by atoms with E-state index in [1.54, 1.807) is 25.4 Å². The predicted molar refractivity (Wildman–Crippen MR) is 64.8 cm³/mol. The Morgan fingerprint density at radius 1 is 1.53 bits per heavy atom. The molecule has 2 aromatic rings. The highest BCUT2D eigenvalue weighted by atomic mass is 35.5. The summed E-state index contributed by atoms with van der Waals surface area (Å²) in [7, 11) is 1.74. The van der Waals surface area contributed by atoms with Gasteiger partial charge in [-0.15, -0.1) is 5.10 Å². The minimum absolute atomic E-state index is 0.146. The number of carbonyl (C=O) groups excluding carboxylic acids is 1. The van der Waals surface area contributed by atoms with E-state index in [0.717, 1.165) is 5.56 Å². The second kappa shape index (κ2) is 4.97. The third kappa shape index (κ3) is 3.29. The van der Waals surface area contributed by atoms with Crippen LogP contribution in [0.1, 0.15) is 5.56 Å². The van der Waals surface area contributed by atoms with E-state index in [0.29, 0.717) is 10.8 Å².